The van der Waals surface area contributed by atoms with Crippen LogP contribution in [0.2, 0.25) is 0 Å². The number of benzene rings is 1. The zero-order chi connectivity index (χ0) is 14.1. The molecule has 0 atom stereocenters. The lowest BCUT2D eigenvalue weighted by Gasteiger charge is -2.09. The molecule has 19 heavy (non-hydrogen) atoms. The summed E-state index contributed by atoms with van der Waals surface area (Å²) in [5.41, 5.74) is 6.09. The molecule has 0 saturated carbocycles. The monoisotopic (exact) mass is 266 g/mol. The first-order valence-corrected chi connectivity index (χ1v) is 6.42. The van der Waals surface area contributed by atoms with Crippen molar-refractivity contribution in [3.63, 3.8) is 0 Å². The van der Waals surface area contributed by atoms with Gasteiger partial charge in [-0.2, -0.15) is 0 Å². The summed E-state index contributed by atoms with van der Waals surface area (Å²) in [7, 11) is 3.15. The van der Waals surface area contributed by atoms with Crippen molar-refractivity contribution < 1.29 is 14.3 Å². The van der Waals surface area contributed by atoms with Crippen LogP contribution in [0.4, 0.5) is 5.69 Å². The van der Waals surface area contributed by atoms with Gasteiger partial charge >= 0.3 is 0 Å². The predicted octanol–water partition coefficient (Wildman–Crippen LogP) is 2.16. The molecule has 106 valence electrons. The lowest BCUT2D eigenvalue weighted by atomic mass is 10.2. The van der Waals surface area contributed by atoms with Gasteiger partial charge in [0.15, 0.2) is 0 Å². The zero-order valence-corrected chi connectivity index (χ0v) is 11.6. The standard InChI is InChI=1S/C14H22N2O3/c1-18-12-8-11(9-13(10-12)19-2)16-14(17)6-4-3-5-7-15/h8-10H,3-7,15H2,1-2H3,(H,16,17). The number of unbranched alkanes of at least 4 members (excludes halogenated alkanes) is 2. The Bertz CT molecular complexity index is 385. The second kappa shape index (κ2) is 8.37. The molecule has 0 aliphatic carbocycles. The number of ether oxygens (including phenoxy) is 2. The smallest absolute Gasteiger partial charge is 0.224 e. The van der Waals surface area contributed by atoms with Crippen molar-refractivity contribution in [1.29, 1.82) is 0 Å². The van der Waals surface area contributed by atoms with Crippen LogP contribution < -0.4 is 20.5 Å². The van der Waals surface area contributed by atoms with Gasteiger partial charge in [0.1, 0.15) is 11.5 Å². The number of nitrogens with one attached hydrogen (secondary N) is 1. The average molecular weight is 266 g/mol. The number of nitrogens with two attached hydrogens (primary N) is 1. The number of amides is 1. The zero-order valence-electron chi connectivity index (χ0n) is 11.6. The van der Waals surface area contributed by atoms with Gasteiger partial charge in [0.25, 0.3) is 0 Å². The molecule has 0 radical (unpaired) electrons. The molecule has 0 unspecified atom stereocenters. The van der Waals surface area contributed by atoms with Crippen molar-refractivity contribution in [3.05, 3.63) is 18.2 Å². The minimum absolute atomic E-state index is 0.00710. The van der Waals surface area contributed by atoms with E-state index in [0.717, 1.165) is 19.3 Å². The lowest BCUT2D eigenvalue weighted by molar-refractivity contribution is -0.116. The summed E-state index contributed by atoms with van der Waals surface area (Å²) in [6.45, 7) is 0.675. The number of hydrogen-bond acceptors (Lipinski definition) is 4. The van der Waals surface area contributed by atoms with E-state index in [9.17, 15) is 4.79 Å². The molecule has 5 nitrogen and oxygen atoms in total. The Morgan fingerprint density at radius 1 is 1.11 bits per heavy atom. The maximum atomic E-state index is 11.8. The van der Waals surface area contributed by atoms with Gasteiger partial charge in [0, 0.05) is 30.3 Å². The van der Waals surface area contributed by atoms with Gasteiger partial charge in [-0.05, 0) is 19.4 Å². The van der Waals surface area contributed by atoms with Crippen LogP contribution in [-0.4, -0.2) is 26.7 Å². The molecule has 0 heterocycles. The summed E-state index contributed by atoms with van der Waals surface area (Å²) in [5.74, 6) is 1.29. The van der Waals surface area contributed by atoms with Crippen molar-refractivity contribution in [3.8, 4) is 11.5 Å². The van der Waals surface area contributed by atoms with Crippen molar-refractivity contribution in [1.82, 2.24) is 0 Å². The molecule has 0 fully saturated rings. The predicted molar refractivity (Wildman–Crippen MR) is 75.7 cm³/mol. The maximum absolute atomic E-state index is 11.8. The molecule has 0 aliphatic heterocycles. The van der Waals surface area contributed by atoms with E-state index >= 15 is 0 Å². The number of methoxy groups -OCH3 is 2. The van der Waals surface area contributed by atoms with Gasteiger partial charge < -0.3 is 20.5 Å². The van der Waals surface area contributed by atoms with E-state index in [-0.39, 0.29) is 5.91 Å². The van der Waals surface area contributed by atoms with Crippen LogP contribution >= 0.6 is 0 Å². The number of rotatable bonds is 8. The summed E-state index contributed by atoms with van der Waals surface area (Å²) in [6, 6.07) is 5.29. The number of carbonyl (C=O) groups is 1. The topological polar surface area (TPSA) is 73.6 Å². The fourth-order valence-electron chi connectivity index (χ4n) is 1.71. The van der Waals surface area contributed by atoms with Crippen molar-refractivity contribution in [2.45, 2.75) is 25.7 Å². The highest BCUT2D eigenvalue weighted by atomic mass is 16.5. The van der Waals surface area contributed by atoms with Gasteiger partial charge in [0.2, 0.25) is 5.91 Å². The summed E-state index contributed by atoms with van der Waals surface area (Å²) in [5, 5.41) is 2.84. The summed E-state index contributed by atoms with van der Waals surface area (Å²) >= 11 is 0. The Kier molecular flexibility index (Phi) is 6.74. The van der Waals surface area contributed by atoms with E-state index in [4.69, 9.17) is 15.2 Å². The fourth-order valence-corrected chi connectivity index (χ4v) is 1.71. The largest absolute Gasteiger partial charge is 0.497 e. The third-order valence-electron chi connectivity index (χ3n) is 2.74. The van der Waals surface area contributed by atoms with Crippen LogP contribution in [-0.2, 0) is 4.79 Å². The maximum Gasteiger partial charge on any atom is 0.224 e. The normalized spacial score (nSPS) is 10.1. The first-order valence-electron chi connectivity index (χ1n) is 6.42. The van der Waals surface area contributed by atoms with E-state index in [0.29, 0.717) is 30.2 Å². The second-order valence-corrected chi connectivity index (χ2v) is 4.25. The van der Waals surface area contributed by atoms with E-state index in [1.54, 1.807) is 32.4 Å². The van der Waals surface area contributed by atoms with Crippen LogP contribution in [0.5, 0.6) is 11.5 Å². The van der Waals surface area contributed by atoms with Crippen LogP contribution in [0.15, 0.2) is 18.2 Å². The average Bonchev–Trinajstić information content (AvgIpc) is 2.43. The minimum atomic E-state index is -0.00710. The molecule has 3 N–H and O–H groups in total. The second-order valence-electron chi connectivity index (χ2n) is 4.25. The van der Waals surface area contributed by atoms with Crippen LogP contribution in [0.3, 0.4) is 0 Å². The molecule has 0 saturated heterocycles. The van der Waals surface area contributed by atoms with Gasteiger partial charge in [0.05, 0.1) is 14.2 Å². The quantitative estimate of drug-likeness (QED) is 0.707. The van der Waals surface area contributed by atoms with Gasteiger partial charge in [-0.25, -0.2) is 0 Å². The number of hydrogen-bond donors (Lipinski definition) is 2. The molecular formula is C14H22N2O3. The highest BCUT2D eigenvalue weighted by Crippen LogP contribution is 2.25. The number of anilines is 1. The van der Waals surface area contributed by atoms with Gasteiger partial charge in [-0.1, -0.05) is 6.42 Å². The summed E-state index contributed by atoms with van der Waals surface area (Å²) in [6.07, 6.45) is 3.29. The van der Waals surface area contributed by atoms with Crippen LogP contribution in [0, 0.1) is 0 Å². The summed E-state index contributed by atoms with van der Waals surface area (Å²) < 4.78 is 10.3. The molecule has 1 amide bonds. The van der Waals surface area contributed by atoms with E-state index in [2.05, 4.69) is 5.32 Å². The molecule has 0 bridgehead atoms. The Labute approximate surface area is 114 Å². The Morgan fingerprint density at radius 3 is 2.26 bits per heavy atom. The molecule has 0 spiro atoms. The first kappa shape index (κ1) is 15.3. The highest BCUT2D eigenvalue weighted by Gasteiger charge is 2.06. The molecule has 1 aromatic carbocycles. The van der Waals surface area contributed by atoms with Crippen molar-refractivity contribution >= 4 is 11.6 Å². The van der Waals surface area contributed by atoms with Crippen molar-refractivity contribution in [2.75, 3.05) is 26.1 Å². The fraction of sp³-hybridized carbons (Fsp3) is 0.500. The van der Waals surface area contributed by atoms with E-state index < -0.39 is 0 Å². The molecular weight excluding hydrogens is 244 g/mol. The molecule has 0 aromatic heterocycles. The minimum Gasteiger partial charge on any atom is -0.497 e. The Hall–Kier alpha value is -1.75. The first-order chi connectivity index (χ1) is 9.19. The van der Waals surface area contributed by atoms with Crippen LogP contribution in [0.25, 0.3) is 0 Å². The lowest BCUT2D eigenvalue weighted by Crippen LogP contribution is -2.11. The molecule has 0 aliphatic rings. The van der Waals surface area contributed by atoms with Crippen molar-refractivity contribution in [2.24, 2.45) is 5.73 Å². The highest BCUT2D eigenvalue weighted by molar-refractivity contribution is 5.91. The molecule has 1 rings (SSSR count). The molecule has 5 heteroatoms. The Morgan fingerprint density at radius 2 is 1.74 bits per heavy atom. The molecule has 1 aromatic rings. The van der Waals surface area contributed by atoms with E-state index in [1.165, 1.54) is 0 Å². The van der Waals surface area contributed by atoms with Gasteiger partial charge in [-0.15, -0.1) is 0 Å². The van der Waals surface area contributed by atoms with Gasteiger partial charge in [-0.3, -0.25) is 4.79 Å². The number of carbonyl (C=O) groups excluding carboxylic acids is 1. The SMILES string of the molecule is COc1cc(NC(=O)CCCCCN)cc(OC)c1. The Balaban J connectivity index is 2.53. The third-order valence-corrected chi connectivity index (χ3v) is 2.74. The summed E-state index contributed by atoms with van der Waals surface area (Å²) in [4.78, 5) is 11.8. The third kappa shape index (κ3) is 5.61. The van der Waals surface area contributed by atoms with Crippen LogP contribution in [0.1, 0.15) is 25.7 Å². The van der Waals surface area contributed by atoms with E-state index in [1.807, 2.05) is 0 Å².